The second-order valence-electron chi connectivity index (χ2n) is 4.65. The number of hydrogen-bond acceptors (Lipinski definition) is 5. The third-order valence-electron chi connectivity index (χ3n) is 2.92. The topological polar surface area (TPSA) is 62.6 Å². The zero-order valence-corrected chi connectivity index (χ0v) is 15.2. The number of rotatable bonds is 6. The van der Waals surface area contributed by atoms with Gasteiger partial charge in [-0.2, -0.15) is 4.31 Å². The molecule has 2 aromatic heterocycles. The lowest BCUT2D eigenvalue weighted by molar-refractivity contribution is 0.397. The van der Waals surface area contributed by atoms with E-state index in [-0.39, 0.29) is 6.54 Å². The average Bonchev–Trinajstić information content (AvgIpc) is 2.96. The Kier molecular flexibility index (Phi) is 5.26. The smallest absolute Gasteiger partial charge is 0.245 e. The summed E-state index contributed by atoms with van der Waals surface area (Å²) in [4.78, 5) is 1.26. The van der Waals surface area contributed by atoms with Crippen molar-refractivity contribution in [2.75, 3.05) is 14.1 Å². The van der Waals surface area contributed by atoms with Gasteiger partial charge in [0.25, 0.3) is 0 Å². The van der Waals surface area contributed by atoms with E-state index >= 15 is 0 Å². The molecule has 0 spiro atoms. The minimum absolute atomic E-state index is 0.208. The zero-order valence-electron chi connectivity index (χ0n) is 12.0. The first-order valence-corrected chi connectivity index (χ1v) is 9.34. The number of sulfonamides is 1. The van der Waals surface area contributed by atoms with E-state index in [9.17, 15) is 8.42 Å². The molecule has 0 atom stereocenters. The van der Waals surface area contributed by atoms with E-state index in [0.29, 0.717) is 21.0 Å². The van der Waals surface area contributed by atoms with E-state index < -0.39 is 10.0 Å². The molecule has 21 heavy (non-hydrogen) atoms. The molecule has 0 amide bonds. The van der Waals surface area contributed by atoms with E-state index in [1.807, 2.05) is 20.0 Å². The lowest BCUT2D eigenvalue weighted by Gasteiger charge is -2.15. The van der Waals surface area contributed by atoms with Gasteiger partial charge in [0.05, 0.1) is 10.3 Å². The van der Waals surface area contributed by atoms with Crippen molar-refractivity contribution in [2.45, 2.75) is 24.9 Å². The molecule has 0 aliphatic rings. The van der Waals surface area contributed by atoms with Crippen molar-refractivity contribution in [2.24, 2.45) is 0 Å². The van der Waals surface area contributed by atoms with Gasteiger partial charge in [0.15, 0.2) is 0 Å². The summed E-state index contributed by atoms with van der Waals surface area (Å²) in [6, 6.07) is 5.31. The number of halogens is 1. The van der Waals surface area contributed by atoms with Gasteiger partial charge in [0.1, 0.15) is 16.4 Å². The Morgan fingerprint density at radius 3 is 2.71 bits per heavy atom. The summed E-state index contributed by atoms with van der Waals surface area (Å²) in [7, 11) is -0.170. The van der Waals surface area contributed by atoms with Crippen molar-refractivity contribution >= 4 is 37.3 Å². The molecule has 0 aliphatic carbocycles. The van der Waals surface area contributed by atoms with E-state index in [1.54, 1.807) is 19.2 Å². The van der Waals surface area contributed by atoms with Crippen molar-refractivity contribution in [1.29, 1.82) is 0 Å². The molecule has 2 heterocycles. The number of nitrogens with one attached hydrogen (secondary N) is 1. The van der Waals surface area contributed by atoms with E-state index in [1.165, 1.54) is 15.6 Å². The maximum Gasteiger partial charge on any atom is 0.245 e. The van der Waals surface area contributed by atoms with Crippen molar-refractivity contribution in [3.8, 4) is 0 Å². The fourth-order valence-corrected chi connectivity index (χ4v) is 5.65. The molecule has 0 aromatic carbocycles. The highest BCUT2D eigenvalue weighted by molar-refractivity contribution is 9.11. The summed E-state index contributed by atoms with van der Waals surface area (Å²) >= 11 is 4.76. The maximum atomic E-state index is 12.6. The lowest BCUT2D eigenvalue weighted by atomic mass is 10.4. The molecule has 0 aliphatic heterocycles. The van der Waals surface area contributed by atoms with Gasteiger partial charge in [0.2, 0.25) is 10.0 Å². The molecule has 0 saturated carbocycles. The van der Waals surface area contributed by atoms with Crippen molar-refractivity contribution in [3.05, 3.63) is 38.4 Å². The molecule has 0 unspecified atom stereocenters. The molecule has 0 fully saturated rings. The zero-order chi connectivity index (χ0) is 15.6. The minimum Gasteiger partial charge on any atom is -0.465 e. The third kappa shape index (κ3) is 3.75. The van der Waals surface area contributed by atoms with Gasteiger partial charge in [-0.1, -0.05) is 0 Å². The molecule has 5 nitrogen and oxygen atoms in total. The Morgan fingerprint density at radius 1 is 1.43 bits per heavy atom. The average molecular weight is 393 g/mol. The quantitative estimate of drug-likeness (QED) is 0.820. The van der Waals surface area contributed by atoms with Gasteiger partial charge in [-0.05, 0) is 48.1 Å². The highest BCUT2D eigenvalue weighted by Crippen LogP contribution is 2.33. The monoisotopic (exact) mass is 392 g/mol. The fourth-order valence-electron chi connectivity index (χ4n) is 1.88. The molecule has 2 rings (SSSR count). The van der Waals surface area contributed by atoms with Gasteiger partial charge in [-0.15, -0.1) is 11.3 Å². The number of aryl methyl sites for hydroxylation is 1. The molecular weight excluding hydrogens is 376 g/mol. The van der Waals surface area contributed by atoms with Crippen LogP contribution < -0.4 is 5.32 Å². The highest BCUT2D eigenvalue weighted by atomic mass is 79.9. The van der Waals surface area contributed by atoms with Gasteiger partial charge in [0, 0.05) is 18.5 Å². The van der Waals surface area contributed by atoms with E-state index in [0.717, 1.165) is 10.6 Å². The second-order valence-corrected chi connectivity index (χ2v) is 9.12. The lowest BCUT2D eigenvalue weighted by Crippen LogP contribution is -2.26. The Hall–Kier alpha value is -0.670. The van der Waals surface area contributed by atoms with Gasteiger partial charge >= 0.3 is 0 Å². The standard InChI is InChI=1S/C13H17BrN2O3S2/c1-9-4-5-10(19-9)8-16(3)21(17,18)12-6-11(7-15-2)20-13(12)14/h4-6,15H,7-8H2,1-3H3. The molecule has 1 N–H and O–H groups in total. The third-order valence-corrected chi connectivity index (χ3v) is 6.98. The first-order chi connectivity index (χ1) is 9.84. The van der Waals surface area contributed by atoms with Crippen LogP contribution in [0.4, 0.5) is 0 Å². The van der Waals surface area contributed by atoms with Crippen LogP contribution in [-0.4, -0.2) is 26.8 Å². The summed E-state index contributed by atoms with van der Waals surface area (Å²) in [6.07, 6.45) is 0. The van der Waals surface area contributed by atoms with Crippen molar-refractivity contribution < 1.29 is 12.8 Å². The summed E-state index contributed by atoms with van der Waals surface area (Å²) in [6.45, 7) is 2.68. The molecule has 0 saturated heterocycles. The van der Waals surface area contributed by atoms with Crippen LogP contribution in [0.1, 0.15) is 16.4 Å². The Balaban J connectivity index is 2.24. The van der Waals surface area contributed by atoms with Crippen LogP contribution in [0.25, 0.3) is 0 Å². The number of thiophene rings is 1. The predicted octanol–water partition coefficient (Wildman–Crippen LogP) is 2.95. The molecule has 0 radical (unpaired) electrons. The van der Waals surface area contributed by atoms with Crippen LogP contribution in [-0.2, 0) is 23.1 Å². The van der Waals surface area contributed by atoms with Crippen LogP contribution in [0.5, 0.6) is 0 Å². The van der Waals surface area contributed by atoms with Crippen LogP contribution >= 0.6 is 27.3 Å². The molecule has 0 bridgehead atoms. The van der Waals surface area contributed by atoms with Crippen LogP contribution in [0.2, 0.25) is 0 Å². The molecule has 8 heteroatoms. The predicted molar refractivity (Wildman–Crippen MR) is 86.9 cm³/mol. The number of furan rings is 1. The maximum absolute atomic E-state index is 12.6. The summed E-state index contributed by atoms with van der Waals surface area (Å²) in [5, 5.41) is 3.01. The summed E-state index contributed by atoms with van der Waals surface area (Å²) < 4.78 is 32.6. The number of nitrogens with zero attached hydrogens (tertiary/aromatic N) is 1. The van der Waals surface area contributed by atoms with Crippen LogP contribution in [0.3, 0.4) is 0 Å². The molecule has 2 aromatic rings. The first-order valence-electron chi connectivity index (χ1n) is 6.29. The highest BCUT2D eigenvalue weighted by Gasteiger charge is 2.26. The summed E-state index contributed by atoms with van der Waals surface area (Å²) in [5.74, 6) is 1.39. The van der Waals surface area contributed by atoms with Gasteiger partial charge < -0.3 is 9.73 Å². The first kappa shape index (κ1) is 16.7. The normalized spacial score (nSPS) is 12.2. The largest absolute Gasteiger partial charge is 0.465 e. The number of hydrogen-bond donors (Lipinski definition) is 1. The minimum atomic E-state index is -3.55. The van der Waals surface area contributed by atoms with Crippen molar-refractivity contribution in [1.82, 2.24) is 9.62 Å². The Bertz CT molecular complexity index is 722. The van der Waals surface area contributed by atoms with Crippen LogP contribution in [0.15, 0.2) is 31.3 Å². The van der Waals surface area contributed by atoms with E-state index in [4.69, 9.17) is 4.42 Å². The fraction of sp³-hybridized carbons (Fsp3) is 0.385. The van der Waals surface area contributed by atoms with Gasteiger partial charge in [-0.25, -0.2) is 8.42 Å². The summed E-state index contributed by atoms with van der Waals surface area (Å²) in [5.41, 5.74) is 0. The SMILES string of the molecule is CNCc1cc(S(=O)(=O)N(C)Cc2ccc(C)o2)c(Br)s1. The molecule has 116 valence electrons. The van der Waals surface area contributed by atoms with Crippen molar-refractivity contribution in [3.63, 3.8) is 0 Å². The van der Waals surface area contributed by atoms with E-state index in [2.05, 4.69) is 21.2 Å². The Labute approximate surface area is 137 Å². The second kappa shape index (κ2) is 6.62. The van der Waals surface area contributed by atoms with Gasteiger partial charge in [-0.3, -0.25) is 0 Å². The Morgan fingerprint density at radius 2 is 2.14 bits per heavy atom. The van der Waals surface area contributed by atoms with Crippen LogP contribution in [0, 0.1) is 6.92 Å². The molecular formula is C13H17BrN2O3S2.